The lowest BCUT2D eigenvalue weighted by molar-refractivity contribution is 0.370. The van der Waals surface area contributed by atoms with Crippen molar-refractivity contribution in [1.29, 1.82) is 0 Å². The second-order valence-electron chi connectivity index (χ2n) is 7.44. The van der Waals surface area contributed by atoms with Gasteiger partial charge in [-0.05, 0) is 29.8 Å². The van der Waals surface area contributed by atoms with Gasteiger partial charge in [-0.25, -0.2) is 13.4 Å². The summed E-state index contributed by atoms with van der Waals surface area (Å²) < 4.78 is 38.4. The molecular weight excluding hydrogens is 505 g/mol. The number of nitrogens with zero attached hydrogens (tertiary/aromatic N) is 3. The Balaban J connectivity index is 1.43. The van der Waals surface area contributed by atoms with E-state index in [0.717, 1.165) is 16.4 Å². The van der Waals surface area contributed by atoms with E-state index in [2.05, 4.69) is 4.90 Å². The van der Waals surface area contributed by atoms with Gasteiger partial charge in [0.1, 0.15) is 16.4 Å². The summed E-state index contributed by atoms with van der Waals surface area (Å²) in [7, 11) is -0.724. The van der Waals surface area contributed by atoms with Crippen LogP contribution in [0.2, 0.25) is 10.0 Å². The van der Waals surface area contributed by atoms with Crippen LogP contribution in [-0.4, -0.2) is 58.1 Å². The summed E-state index contributed by atoms with van der Waals surface area (Å²) in [6.45, 7) is 1.81. The fourth-order valence-corrected chi connectivity index (χ4v) is 6.54. The Morgan fingerprint density at radius 2 is 1.79 bits per heavy atom. The zero-order valence-electron chi connectivity index (χ0n) is 18.1. The highest BCUT2D eigenvalue weighted by atomic mass is 35.5. The number of hydrogen-bond donors (Lipinski definition) is 0. The lowest BCUT2D eigenvalue weighted by atomic mass is 10.1. The lowest BCUT2D eigenvalue weighted by Crippen LogP contribution is -2.48. The van der Waals surface area contributed by atoms with Crippen LogP contribution in [0.5, 0.6) is 11.5 Å². The number of thiazole rings is 1. The topological polar surface area (TPSA) is 72.0 Å². The van der Waals surface area contributed by atoms with E-state index in [1.807, 2.05) is 17.5 Å². The monoisotopic (exact) mass is 527 g/mol. The fourth-order valence-electron chi connectivity index (χ4n) is 3.63. The standard InChI is InChI=1S/C22H23Cl2N3O4S2/c1-30-18-5-6-21(20(13-18)31-2)33(28,29)27-9-7-26(8-10-27)22-25-17(14-32-22)11-15-3-4-16(23)12-19(15)24/h3-6,12-14H,7-11H2,1-2H3. The molecule has 1 aromatic heterocycles. The highest BCUT2D eigenvalue weighted by molar-refractivity contribution is 7.89. The molecule has 11 heteroatoms. The van der Waals surface area contributed by atoms with Crippen molar-refractivity contribution >= 4 is 49.7 Å². The summed E-state index contributed by atoms with van der Waals surface area (Å²) in [5.41, 5.74) is 1.87. The molecule has 0 radical (unpaired) electrons. The third-order valence-corrected chi connectivity index (χ3v) is 8.90. The van der Waals surface area contributed by atoms with Gasteiger partial charge in [-0.15, -0.1) is 11.3 Å². The molecule has 0 bridgehead atoms. The first kappa shape index (κ1) is 24.1. The van der Waals surface area contributed by atoms with Crippen LogP contribution in [0.1, 0.15) is 11.3 Å². The molecular formula is C22H23Cl2N3O4S2. The molecule has 0 unspecified atom stereocenters. The van der Waals surface area contributed by atoms with Crippen molar-refractivity contribution in [2.24, 2.45) is 0 Å². The SMILES string of the molecule is COc1ccc(S(=O)(=O)N2CCN(c3nc(Cc4ccc(Cl)cc4Cl)cs3)CC2)c(OC)c1. The van der Waals surface area contributed by atoms with Crippen LogP contribution in [0.4, 0.5) is 5.13 Å². The Bertz CT molecular complexity index is 1240. The largest absolute Gasteiger partial charge is 0.497 e. The molecule has 33 heavy (non-hydrogen) atoms. The van der Waals surface area contributed by atoms with Crippen LogP contribution in [0.25, 0.3) is 0 Å². The second kappa shape index (κ2) is 10.1. The van der Waals surface area contributed by atoms with Crippen LogP contribution in [0.3, 0.4) is 0 Å². The van der Waals surface area contributed by atoms with Crippen LogP contribution in [-0.2, 0) is 16.4 Å². The molecule has 1 aliphatic rings. The average Bonchev–Trinajstić information content (AvgIpc) is 3.29. The van der Waals surface area contributed by atoms with E-state index >= 15 is 0 Å². The van der Waals surface area contributed by atoms with E-state index in [9.17, 15) is 8.42 Å². The smallest absolute Gasteiger partial charge is 0.246 e. The molecule has 0 spiro atoms. The van der Waals surface area contributed by atoms with Gasteiger partial charge in [0.15, 0.2) is 5.13 Å². The van der Waals surface area contributed by atoms with E-state index in [4.69, 9.17) is 37.7 Å². The number of anilines is 1. The van der Waals surface area contributed by atoms with Crippen molar-refractivity contribution in [3.05, 3.63) is 63.1 Å². The molecule has 1 fully saturated rings. The molecule has 0 atom stereocenters. The summed E-state index contributed by atoms with van der Waals surface area (Å²) >= 11 is 13.8. The van der Waals surface area contributed by atoms with Crippen LogP contribution < -0.4 is 14.4 Å². The maximum absolute atomic E-state index is 13.2. The van der Waals surface area contributed by atoms with Crippen LogP contribution in [0.15, 0.2) is 46.7 Å². The van der Waals surface area contributed by atoms with Gasteiger partial charge in [-0.2, -0.15) is 4.31 Å². The molecule has 0 amide bonds. The fraction of sp³-hybridized carbons (Fsp3) is 0.318. The van der Waals surface area contributed by atoms with Crippen LogP contribution >= 0.6 is 34.5 Å². The normalized spacial score (nSPS) is 15.0. The van der Waals surface area contributed by atoms with Gasteiger partial charge in [0.25, 0.3) is 0 Å². The maximum Gasteiger partial charge on any atom is 0.246 e. The number of sulfonamides is 1. The molecule has 0 N–H and O–H groups in total. The first-order chi connectivity index (χ1) is 15.8. The minimum absolute atomic E-state index is 0.135. The van der Waals surface area contributed by atoms with Gasteiger partial charge in [0, 0.05) is 54.1 Å². The third-order valence-electron chi connectivity index (χ3n) is 5.42. The van der Waals surface area contributed by atoms with Gasteiger partial charge in [-0.3, -0.25) is 0 Å². The Hall–Kier alpha value is -2.04. The molecule has 0 aliphatic carbocycles. The molecule has 2 aromatic carbocycles. The first-order valence-electron chi connectivity index (χ1n) is 10.2. The van der Waals surface area contributed by atoms with Gasteiger partial charge >= 0.3 is 0 Å². The molecule has 4 rings (SSSR count). The van der Waals surface area contributed by atoms with Crippen molar-refractivity contribution in [1.82, 2.24) is 9.29 Å². The molecule has 0 saturated carbocycles. The van der Waals surface area contributed by atoms with Crippen molar-refractivity contribution in [3.63, 3.8) is 0 Å². The van der Waals surface area contributed by atoms with Gasteiger partial charge in [0.05, 0.1) is 19.9 Å². The third kappa shape index (κ3) is 5.22. The van der Waals surface area contributed by atoms with Crippen molar-refractivity contribution in [3.8, 4) is 11.5 Å². The van der Waals surface area contributed by atoms with Crippen molar-refractivity contribution < 1.29 is 17.9 Å². The Kier molecular flexibility index (Phi) is 7.35. The Morgan fingerprint density at radius 1 is 1.03 bits per heavy atom. The van der Waals surface area contributed by atoms with Crippen LogP contribution in [0, 0.1) is 0 Å². The maximum atomic E-state index is 13.2. The van der Waals surface area contributed by atoms with E-state index < -0.39 is 10.0 Å². The zero-order chi connectivity index (χ0) is 23.6. The summed E-state index contributed by atoms with van der Waals surface area (Å²) in [6.07, 6.45) is 0.609. The summed E-state index contributed by atoms with van der Waals surface area (Å²) in [5, 5.41) is 4.09. The van der Waals surface area contributed by atoms with Crippen molar-refractivity contribution in [2.45, 2.75) is 11.3 Å². The number of benzene rings is 2. The summed E-state index contributed by atoms with van der Waals surface area (Å²) in [4.78, 5) is 6.98. The molecule has 176 valence electrons. The van der Waals surface area contributed by atoms with E-state index in [1.165, 1.54) is 24.6 Å². The lowest BCUT2D eigenvalue weighted by Gasteiger charge is -2.34. The molecule has 2 heterocycles. The predicted molar refractivity (Wildman–Crippen MR) is 132 cm³/mol. The number of halogens is 2. The summed E-state index contributed by atoms with van der Waals surface area (Å²) in [5.74, 6) is 0.803. The van der Waals surface area contributed by atoms with E-state index in [0.29, 0.717) is 48.4 Å². The quantitative estimate of drug-likeness (QED) is 0.448. The predicted octanol–water partition coefficient (Wildman–Crippen LogP) is 4.57. The molecule has 1 saturated heterocycles. The number of aromatic nitrogens is 1. The molecule has 3 aromatic rings. The minimum Gasteiger partial charge on any atom is -0.497 e. The number of piperazine rings is 1. The molecule has 7 nitrogen and oxygen atoms in total. The van der Waals surface area contributed by atoms with Gasteiger partial charge in [0.2, 0.25) is 10.0 Å². The van der Waals surface area contributed by atoms with E-state index in [1.54, 1.807) is 29.5 Å². The van der Waals surface area contributed by atoms with E-state index in [-0.39, 0.29) is 10.6 Å². The van der Waals surface area contributed by atoms with Crippen molar-refractivity contribution in [2.75, 3.05) is 45.3 Å². The highest BCUT2D eigenvalue weighted by Gasteiger charge is 2.31. The zero-order valence-corrected chi connectivity index (χ0v) is 21.3. The molecule has 1 aliphatic heterocycles. The highest BCUT2D eigenvalue weighted by Crippen LogP contribution is 2.32. The second-order valence-corrected chi connectivity index (χ2v) is 11.0. The number of ether oxygens (including phenoxy) is 2. The summed E-state index contributed by atoms with van der Waals surface area (Å²) in [6, 6.07) is 10.2. The number of hydrogen-bond acceptors (Lipinski definition) is 7. The Labute approximate surface area is 207 Å². The van der Waals surface area contributed by atoms with Gasteiger partial charge in [-0.1, -0.05) is 29.3 Å². The number of rotatable bonds is 7. The average molecular weight is 528 g/mol. The minimum atomic E-state index is -3.70. The first-order valence-corrected chi connectivity index (χ1v) is 13.2. The van der Waals surface area contributed by atoms with Gasteiger partial charge < -0.3 is 14.4 Å². The Morgan fingerprint density at radius 3 is 2.45 bits per heavy atom. The number of methoxy groups -OCH3 is 2.